The normalized spacial score (nSPS) is 10.6. The second kappa shape index (κ2) is 6.43. The monoisotopic (exact) mass is 343 g/mol. The molecule has 9 nitrogen and oxygen atoms in total. The number of carbonyl (C=O) groups is 1. The number of halogens is 1. The minimum atomic E-state index is -1.01. The first-order valence-electron chi connectivity index (χ1n) is 7.02. The molecule has 0 saturated heterocycles. The van der Waals surface area contributed by atoms with Crippen molar-refractivity contribution in [3.05, 3.63) is 68.7 Å². The van der Waals surface area contributed by atoms with E-state index >= 15 is 0 Å². The number of hydrogen-bond donors (Lipinski definition) is 1. The van der Waals surface area contributed by atoms with E-state index in [0.717, 1.165) is 16.8 Å². The summed E-state index contributed by atoms with van der Waals surface area (Å²) in [6.07, 6.45) is 0. The second-order valence-corrected chi connectivity index (χ2v) is 5.04. The summed E-state index contributed by atoms with van der Waals surface area (Å²) in [4.78, 5) is 34.1. The lowest BCUT2D eigenvalue weighted by Crippen LogP contribution is -2.30. The number of anilines is 1. The maximum Gasteiger partial charge on any atom is 0.306 e. The summed E-state index contributed by atoms with van der Waals surface area (Å²) in [5, 5.41) is 20.9. The van der Waals surface area contributed by atoms with Crippen LogP contribution in [0.25, 0.3) is 10.9 Å². The number of aromatic nitrogens is 3. The molecule has 3 rings (SSSR count). The Kier molecular flexibility index (Phi) is 4.16. The number of hydrogen-bond acceptors (Lipinski definition) is 6. The number of nitro groups is 1. The van der Waals surface area contributed by atoms with E-state index in [1.807, 2.05) is 0 Å². The lowest BCUT2D eigenvalue weighted by molar-refractivity contribution is -0.387. The van der Waals surface area contributed by atoms with Crippen molar-refractivity contribution >= 4 is 28.2 Å². The second-order valence-electron chi connectivity index (χ2n) is 5.04. The largest absolute Gasteiger partial charge is 0.324 e. The Morgan fingerprint density at radius 2 is 2.04 bits per heavy atom. The Bertz CT molecular complexity index is 1050. The molecule has 0 aliphatic rings. The third-order valence-corrected chi connectivity index (χ3v) is 3.35. The van der Waals surface area contributed by atoms with Crippen molar-refractivity contribution in [1.29, 1.82) is 0 Å². The van der Waals surface area contributed by atoms with Gasteiger partial charge in [-0.3, -0.25) is 19.7 Å². The van der Waals surface area contributed by atoms with Gasteiger partial charge < -0.3 is 5.32 Å². The number of carbonyl (C=O) groups excluding carboxylic acids is 1. The predicted molar refractivity (Wildman–Crippen MR) is 85.5 cm³/mol. The standard InChI is InChI=1S/C15H10FN5O4/c16-11-6-5-9(7-13(11)21(24)25)17-14(22)8-20-15(23)10-3-1-2-4-12(10)18-19-20/h1-7H,8H2,(H,17,22). The molecule has 0 unspecified atom stereocenters. The maximum absolute atomic E-state index is 13.3. The van der Waals surface area contributed by atoms with Gasteiger partial charge in [-0.05, 0) is 24.3 Å². The summed E-state index contributed by atoms with van der Waals surface area (Å²) in [6.45, 7) is -0.443. The van der Waals surface area contributed by atoms with Crippen LogP contribution < -0.4 is 10.9 Å². The maximum atomic E-state index is 13.3. The molecule has 0 saturated carbocycles. The van der Waals surface area contributed by atoms with E-state index in [1.165, 1.54) is 6.07 Å². The van der Waals surface area contributed by atoms with Crippen molar-refractivity contribution in [1.82, 2.24) is 15.0 Å². The van der Waals surface area contributed by atoms with Crippen LogP contribution in [0.2, 0.25) is 0 Å². The zero-order chi connectivity index (χ0) is 18.0. The molecule has 1 amide bonds. The molecule has 2 aromatic carbocycles. The average Bonchev–Trinajstić information content (AvgIpc) is 2.59. The molecule has 1 heterocycles. The van der Waals surface area contributed by atoms with E-state index in [2.05, 4.69) is 15.6 Å². The van der Waals surface area contributed by atoms with Gasteiger partial charge in [0.2, 0.25) is 11.7 Å². The molecule has 1 N–H and O–H groups in total. The van der Waals surface area contributed by atoms with Crippen LogP contribution in [0.4, 0.5) is 15.8 Å². The SMILES string of the molecule is O=C(Cn1nnc2ccccc2c1=O)Nc1ccc(F)c([N+](=O)[O-])c1. The van der Waals surface area contributed by atoms with Gasteiger partial charge in [0, 0.05) is 11.8 Å². The zero-order valence-electron chi connectivity index (χ0n) is 12.5. The van der Waals surface area contributed by atoms with Crippen LogP contribution in [0.15, 0.2) is 47.3 Å². The van der Waals surface area contributed by atoms with Crippen LogP contribution in [0.3, 0.4) is 0 Å². The van der Waals surface area contributed by atoms with E-state index in [9.17, 15) is 24.1 Å². The molecule has 0 aliphatic heterocycles. The lowest BCUT2D eigenvalue weighted by Gasteiger charge is -2.07. The van der Waals surface area contributed by atoms with E-state index in [-0.39, 0.29) is 5.69 Å². The Morgan fingerprint density at radius 3 is 2.80 bits per heavy atom. The van der Waals surface area contributed by atoms with Gasteiger partial charge >= 0.3 is 5.69 Å². The minimum Gasteiger partial charge on any atom is -0.324 e. The number of fused-ring (bicyclic) bond motifs is 1. The first kappa shape index (κ1) is 16.2. The highest BCUT2D eigenvalue weighted by atomic mass is 19.1. The van der Waals surface area contributed by atoms with Crippen LogP contribution >= 0.6 is 0 Å². The van der Waals surface area contributed by atoms with Gasteiger partial charge in [0.15, 0.2) is 0 Å². The number of nitrogens with zero attached hydrogens (tertiary/aromatic N) is 4. The average molecular weight is 343 g/mol. The van der Waals surface area contributed by atoms with Crippen molar-refractivity contribution in [2.75, 3.05) is 5.32 Å². The Balaban J connectivity index is 1.82. The molecule has 0 aliphatic carbocycles. The molecular formula is C15H10FN5O4. The smallest absolute Gasteiger partial charge is 0.306 e. The van der Waals surface area contributed by atoms with Crippen molar-refractivity contribution in [3.63, 3.8) is 0 Å². The van der Waals surface area contributed by atoms with E-state index in [4.69, 9.17) is 0 Å². The number of benzene rings is 2. The number of rotatable bonds is 4. The molecule has 0 atom stereocenters. The molecule has 3 aromatic rings. The topological polar surface area (TPSA) is 120 Å². The Hall–Kier alpha value is -3.69. The van der Waals surface area contributed by atoms with Gasteiger partial charge in [-0.1, -0.05) is 17.3 Å². The Labute approximate surface area is 138 Å². The van der Waals surface area contributed by atoms with Gasteiger partial charge in [0.05, 0.1) is 10.3 Å². The van der Waals surface area contributed by atoms with Gasteiger partial charge in [-0.2, -0.15) is 4.39 Å². The molecule has 25 heavy (non-hydrogen) atoms. The quantitative estimate of drug-likeness (QED) is 0.566. The minimum absolute atomic E-state index is 0.0277. The fraction of sp³-hybridized carbons (Fsp3) is 0.0667. The van der Waals surface area contributed by atoms with Crippen LogP contribution in [0.5, 0.6) is 0 Å². The summed E-state index contributed by atoms with van der Waals surface area (Å²) in [6, 6.07) is 9.48. The highest BCUT2D eigenvalue weighted by Crippen LogP contribution is 2.21. The van der Waals surface area contributed by atoms with Crippen LogP contribution in [0.1, 0.15) is 0 Å². The summed E-state index contributed by atoms with van der Waals surface area (Å²) in [7, 11) is 0. The highest BCUT2D eigenvalue weighted by Gasteiger charge is 2.16. The summed E-state index contributed by atoms with van der Waals surface area (Å²) in [5.74, 6) is -1.67. The third-order valence-electron chi connectivity index (χ3n) is 3.35. The van der Waals surface area contributed by atoms with E-state index in [0.29, 0.717) is 10.9 Å². The molecule has 0 radical (unpaired) electrons. The summed E-state index contributed by atoms with van der Waals surface area (Å²) >= 11 is 0. The Morgan fingerprint density at radius 1 is 1.28 bits per heavy atom. The van der Waals surface area contributed by atoms with Crippen molar-refractivity contribution < 1.29 is 14.1 Å². The van der Waals surface area contributed by atoms with Gasteiger partial charge in [-0.15, -0.1) is 5.10 Å². The van der Waals surface area contributed by atoms with Crippen molar-refractivity contribution in [2.45, 2.75) is 6.54 Å². The third kappa shape index (κ3) is 3.32. The molecular weight excluding hydrogens is 333 g/mol. The number of nitro benzene ring substituents is 1. The zero-order valence-corrected chi connectivity index (χ0v) is 12.5. The van der Waals surface area contributed by atoms with Crippen molar-refractivity contribution in [3.8, 4) is 0 Å². The lowest BCUT2D eigenvalue weighted by atomic mass is 10.2. The number of nitrogens with one attached hydrogen (secondary N) is 1. The summed E-state index contributed by atoms with van der Waals surface area (Å²) < 4.78 is 14.2. The van der Waals surface area contributed by atoms with E-state index in [1.54, 1.807) is 24.3 Å². The first-order chi connectivity index (χ1) is 12.0. The van der Waals surface area contributed by atoms with Gasteiger partial charge in [-0.25, -0.2) is 4.68 Å². The summed E-state index contributed by atoms with van der Waals surface area (Å²) in [5.41, 5.74) is -0.829. The molecule has 0 spiro atoms. The van der Waals surface area contributed by atoms with Gasteiger partial charge in [0.1, 0.15) is 12.1 Å². The van der Waals surface area contributed by atoms with Crippen molar-refractivity contribution in [2.24, 2.45) is 0 Å². The van der Waals surface area contributed by atoms with Crippen LogP contribution in [-0.2, 0) is 11.3 Å². The molecule has 126 valence electrons. The van der Waals surface area contributed by atoms with Crippen LogP contribution in [-0.4, -0.2) is 25.8 Å². The molecule has 0 fully saturated rings. The fourth-order valence-corrected chi connectivity index (χ4v) is 2.19. The predicted octanol–water partition coefficient (Wildman–Crippen LogP) is 1.48. The highest BCUT2D eigenvalue weighted by molar-refractivity contribution is 5.91. The molecule has 10 heteroatoms. The van der Waals surface area contributed by atoms with Gasteiger partial charge in [0.25, 0.3) is 5.56 Å². The molecule has 0 bridgehead atoms. The van der Waals surface area contributed by atoms with Crippen LogP contribution in [0, 0.1) is 15.9 Å². The first-order valence-corrected chi connectivity index (χ1v) is 7.02. The van der Waals surface area contributed by atoms with E-state index < -0.39 is 34.4 Å². The number of amides is 1. The molecule has 1 aromatic heterocycles. The fourth-order valence-electron chi connectivity index (χ4n) is 2.19.